The topological polar surface area (TPSA) is 67.6 Å². The molecule has 2 aliphatic heterocycles. The zero-order chi connectivity index (χ0) is 22.4. The highest BCUT2D eigenvalue weighted by Crippen LogP contribution is 2.35. The van der Waals surface area contributed by atoms with Crippen molar-refractivity contribution >= 4 is 16.6 Å². The second-order valence-electron chi connectivity index (χ2n) is 9.41. The molecule has 3 aromatic heterocycles. The fourth-order valence-corrected chi connectivity index (χ4v) is 5.47. The third-order valence-corrected chi connectivity index (χ3v) is 7.37. The maximum absolute atomic E-state index is 5.66. The van der Waals surface area contributed by atoms with Gasteiger partial charge in [-0.15, -0.1) is 10.2 Å². The van der Waals surface area contributed by atoms with E-state index in [0.717, 1.165) is 53.5 Å². The van der Waals surface area contributed by atoms with Crippen molar-refractivity contribution in [1.29, 1.82) is 0 Å². The predicted octanol–water partition coefficient (Wildman–Crippen LogP) is 4.23. The van der Waals surface area contributed by atoms with E-state index >= 15 is 0 Å². The van der Waals surface area contributed by atoms with Crippen LogP contribution in [0.1, 0.15) is 44.7 Å². The van der Waals surface area contributed by atoms with Gasteiger partial charge in [-0.1, -0.05) is 12.1 Å². The van der Waals surface area contributed by atoms with Gasteiger partial charge in [0.2, 0.25) is 0 Å². The molecule has 5 heterocycles. The average molecular weight is 443 g/mol. The van der Waals surface area contributed by atoms with E-state index in [0.29, 0.717) is 18.2 Å². The summed E-state index contributed by atoms with van der Waals surface area (Å²) in [4.78, 5) is 7.49. The van der Waals surface area contributed by atoms with Gasteiger partial charge < -0.3 is 10.1 Å². The molecule has 7 heteroatoms. The number of fused-ring (bicyclic) bond motifs is 2. The van der Waals surface area contributed by atoms with E-state index < -0.39 is 0 Å². The highest BCUT2D eigenvalue weighted by Gasteiger charge is 2.41. The quantitative estimate of drug-likeness (QED) is 0.499. The van der Waals surface area contributed by atoms with Crippen LogP contribution < -0.4 is 10.1 Å². The number of benzene rings is 1. The Hall–Kier alpha value is -3.03. The lowest BCUT2D eigenvalue weighted by Crippen LogP contribution is -2.42. The Morgan fingerprint density at radius 2 is 2.03 bits per heavy atom. The van der Waals surface area contributed by atoms with Crippen molar-refractivity contribution in [1.82, 2.24) is 29.8 Å². The molecular formula is C26H30N6O. The summed E-state index contributed by atoms with van der Waals surface area (Å²) in [5.41, 5.74) is 4.14. The molecule has 33 heavy (non-hydrogen) atoms. The van der Waals surface area contributed by atoms with Crippen molar-refractivity contribution in [2.45, 2.75) is 44.7 Å². The fourth-order valence-electron chi connectivity index (χ4n) is 5.47. The molecule has 1 unspecified atom stereocenters. The Labute approximate surface area is 193 Å². The van der Waals surface area contributed by atoms with Gasteiger partial charge in [-0.3, -0.25) is 9.30 Å². The maximum atomic E-state index is 5.66. The minimum atomic E-state index is 0.329. The molecule has 1 N–H and O–H groups in total. The smallest absolute Gasteiger partial charge is 0.187 e. The molecule has 0 bridgehead atoms. The molecule has 2 aliphatic rings. The van der Waals surface area contributed by atoms with Gasteiger partial charge in [-0.2, -0.15) is 0 Å². The minimum Gasteiger partial charge on any atom is -0.494 e. The number of hydrogen-bond donors (Lipinski definition) is 1. The molecule has 6 rings (SSSR count). The van der Waals surface area contributed by atoms with E-state index in [9.17, 15) is 0 Å². The predicted molar refractivity (Wildman–Crippen MR) is 129 cm³/mol. The Balaban J connectivity index is 1.33. The molecule has 2 fully saturated rings. The van der Waals surface area contributed by atoms with Gasteiger partial charge in [0.05, 0.1) is 12.1 Å². The highest BCUT2D eigenvalue weighted by molar-refractivity contribution is 5.82. The largest absolute Gasteiger partial charge is 0.494 e. The molecule has 170 valence electrons. The van der Waals surface area contributed by atoms with E-state index in [2.05, 4.69) is 56.1 Å². The van der Waals surface area contributed by atoms with Crippen LogP contribution in [-0.4, -0.2) is 56.3 Å². The third-order valence-electron chi connectivity index (χ3n) is 7.37. The molecule has 0 radical (unpaired) electrons. The minimum absolute atomic E-state index is 0.329. The first kappa shape index (κ1) is 20.6. The monoisotopic (exact) mass is 442 g/mol. The summed E-state index contributed by atoms with van der Waals surface area (Å²) in [6.45, 7) is 8.34. The number of aromatic nitrogens is 4. The van der Waals surface area contributed by atoms with Gasteiger partial charge in [0, 0.05) is 42.3 Å². The Morgan fingerprint density at radius 1 is 1.12 bits per heavy atom. The summed E-state index contributed by atoms with van der Waals surface area (Å²) in [5, 5.41) is 13.7. The number of likely N-dealkylation sites (tertiary alicyclic amines) is 1. The summed E-state index contributed by atoms with van der Waals surface area (Å²) >= 11 is 0. The lowest BCUT2D eigenvalue weighted by molar-refractivity contribution is 0.237. The van der Waals surface area contributed by atoms with E-state index in [1.165, 1.54) is 24.8 Å². The number of rotatable bonds is 5. The Kier molecular flexibility index (Phi) is 5.03. The molecule has 0 aliphatic carbocycles. The fraction of sp³-hybridized carbons (Fsp3) is 0.423. The van der Waals surface area contributed by atoms with E-state index in [1.807, 2.05) is 31.2 Å². The van der Waals surface area contributed by atoms with Gasteiger partial charge in [0.25, 0.3) is 0 Å². The standard InChI is InChI=1S/C26H30N6O/c1-3-33-21-8-5-19-6-9-22(28-23(19)15-21)25-30-29-24-10-7-20(16-32(24)25)18(2)31-14-12-26(17-31)11-4-13-27-26/h5-10,15-16,18,27H,3-4,11-14,17H2,1-2H3/t18-,26?/m0/s1. The van der Waals surface area contributed by atoms with Crippen LogP contribution in [0.5, 0.6) is 5.75 Å². The second kappa shape index (κ2) is 8.08. The van der Waals surface area contributed by atoms with Crippen LogP contribution in [0.2, 0.25) is 0 Å². The normalized spacial score (nSPS) is 22.0. The molecule has 0 saturated carbocycles. The van der Waals surface area contributed by atoms with Crippen LogP contribution in [0, 0.1) is 0 Å². The highest BCUT2D eigenvalue weighted by atomic mass is 16.5. The number of pyridine rings is 2. The van der Waals surface area contributed by atoms with Crippen LogP contribution in [0.25, 0.3) is 28.1 Å². The van der Waals surface area contributed by atoms with Crippen molar-refractivity contribution < 1.29 is 4.74 Å². The van der Waals surface area contributed by atoms with E-state index in [1.54, 1.807) is 0 Å². The van der Waals surface area contributed by atoms with Crippen molar-refractivity contribution in [2.75, 3.05) is 26.2 Å². The summed E-state index contributed by atoms with van der Waals surface area (Å²) in [7, 11) is 0. The number of nitrogens with zero attached hydrogens (tertiary/aromatic N) is 5. The first-order chi connectivity index (χ1) is 16.1. The molecule has 2 saturated heterocycles. The van der Waals surface area contributed by atoms with Gasteiger partial charge in [0.1, 0.15) is 11.4 Å². The molecule has 1 aromatic carbocycles. The molecule has 0 amide bonds. The zero-order valence-electron chi connectivity index (χ0n) is 19.3. The Morgan fingerprint density at radius 3 is 2.88 bits per heavy atom. The summed E-state index contributed by atoms with van der Waals surface area (Å²) in [5.74, 6) is 1.59. The van der Waals surface area contributed by atoms with Crippen LogP contribution in [-0.2, 0) is 0 Å². The van der Waals surface area contributed by atoms with E-state index in [4.69, 9.17) is 9.72 Å². The first-order valence-corrected chi connectivity index (χ1v) is 12.0. The average Bonchev–Trinajstić information content (AvgIpc) is 3.58. The lowest BCUT2D eigenvalue weighted by Gasteiger charge is -2.28. The van der Waals surface area contributed by atoms with Gasteiger partial charge in [-0.05, 0) is 69.5 Å². The molecule has 4 aromatic rings. The third kappa shape index (κ3) is 3.65. The molecule has 7 nitrogen and oxygen atoms in total. The summed E-state index contributed by atoms with van der Waals surface area (Å²) in [6.07, 6.45) is 6.01. The zero-order valence-corrected chi connectivity index (χ0v) is 19.3. The number of ether oxygens (including phenoxy) is 1. The molecular weight excluding hydrogens is 412 g/mol. The summed E-state index contributed by atoms with van der Waals surface area (Å²) < 4.78 is 7.73. The summed E-state index contributed by atoms with van der Waals surface area (Å²) in [6, 6.07) is 14.7. The number of hydrogen-bond acceptors (Lipinski definition) is 6. The first-order valence-electron chi connectivity index (χ1n) is 12.0. The van der Waals surface area contributed by atoms with Crippen LogP contribution in [0.3, 0.4) is 0 Å². The van der Waals surface area contributed by atoms with Gasteiger partial charge >= 0.3 is 0 Å². The molecule has 2 atom stereocenters. The SMILES string of the molecule is CCOc1ccc2ccc(-c3nnc4ccc([C@H](C)N5CCC6(CCCN6)C5)cn34)nc2c1. The van der Waals surface area contributed by atoms with Crippen LogP contribution in [0.4, 0.5) is 0 Å². The Bertz CT molecular complexity index is 1310. The van der Waals surface area contributed by atoms with Gasteiger partial charge in [-0.25, -0.2) is 4.98 Å². The van der Waals surface area contributed by atoms with E-state index in [-0.39, 0.29) is 0 Å². The van der Waals surface area contributed by atoms with Crippen molar-refractivity contribution in [3.63, 3.8) is 0 Å². The van der Waals surface area contributed by atoms with Crippen LogP contribution in [0.15, 0.2) is 48.7 Å². The van der Waals surface area contributed by atoms with Gasteiger partial charge in [0.15, 0.2) is 11.5 Å². The number of nitrogens with one attached hydrogen (secondary N) is 1. The molecule has 1 spiro atoms. The lowest BCUT2D eigenvalue weighted by atomic mass is 9.97. The van der Waals surface area contributed by atoms with Crippen molar-refractivity contribution in [3.8, 4) is 17.3 Å². The second-order valence-corrected chi connectivity index (χ2v) is 9.41. The van der Waals surface area contributed by atoms with Crippen molar-refractivity contribution in [2.24, 2.45) is 0 Å². The van der Waals surface area contributed by atoms with Crippen molar-refractivity contribution in [3.05, 3.63) is 54.2 Å². The van der Waals surface area contributed by atoms with Crippen LogP contribution >= 0.6 is 0 Å². The maximum Gasteiger partial charge on any atom is 0.187 e.